The van der Waals surface area contributed by atoms with Crippen LogP contribution in [0.15, 0.2) is 42.1 Å². The van der Waals surface area contributed by atoms with Gasteiger partial charge in [0.15, 0.2) is 0 Å². The van der Waals surface area contributed by atoms with E-state index in [0.29, 0.717) is 49.9 Å². The van der Waals surface area contributed by atoms with E-state index in [1.165, 1.54) is 0 Å². The zero-order valence-electron chi connectivity index (χ0n) is 18.6. The molecule has 3 aliphatic rings. The first-order valence-corrected chi connectivity index (χ1v) is 10.8. The molecule has 0 spiro atoms. The number of hydrogen-bond donors (Lipinski definition) is 1. The van der Waals surface area contributed by atoms with E-state index in [-0.39, 0.29) is 11.9 Å². The maximum absolute atomic E-state index is 13.5. The number of benzene rings is 1. The number of amides is 3. The third-order valence-electron chi connectivity index (χ3n) is 6.11. The van der Waals surface area contributed by atoms with Gasteiger partial charge in [-0.1, -0.05) is 6.08 Å². The predicted octanol–water partition coefficient (Wildman–Crippen LogP) is 1.38. The summed E-state index contributed by atoms with van der Waals surface area (Å²) < 4.78 is 16.2. The number of rotatable bonds is 8. The standard InChI is InChI=1S/C23H30N4O5/c1-4-5-27-19-15-26(7-6-25-8-10-32-11-9-25)22(28)20(19)21(24-23(27)29)16-12-17(30-2)14-18(13-16)31-3/h4,12-14,21H,1,5-11,15H2,2-3H3,(H,24,29)/t21-/m0/s1. The van der Waals surface area contributed by atoms with Crippen molar-refractivity contribution in [1.29, 1.82) is 0 Å². The molecule has 1 fully saturated rings. The Morgan fingerprint density at radius 3 is 2.44 bits per heavy atom. The minimum atomic E-state index is -0.580. The molecule has 1 saturated heterocycles. The lowest BCUT2D eigenvalue weighted by atomic mass is 9.95. The van der Waals surface area contributed by atoms with E-state index in [9.17, 15) is 9.59 Å². The van der Waals surface area contributed by atoms with Crippen molar-refractivity contribution >= 4 is 11.9 Å². The van der Waals surface area contributed by atoms with Gasteiger partial charge in [-0.3, -0.25) is 14.6 Å². The van der Waals surface area contributed by atoms with Crippen molar-refractivity contribution in [1.82, 2.24) is 20.0 Å². The van der Waals surface area contributed by atoms with Crippen LogP contribution in [0.1, 0.15) is 11.6 Å². The van der Waals surface area contributed by atoms with E-state index in [4.69, 9.17) is 14.2 Å². The maximum Gasteiger partial charge on any atom is 0.322 e. The van der Waals surface area contributed by atoms with Crippen LogP contribution in [0, 0.1) is 0 Å². The first kappa shape index (κ1) is 22.2. The van der Waals surface area contributed by atoms with Gasteiger partial charge in [-0.05, 0) is 17.7 Å². The lowest BCUT2D eigenvalue weighted by Crippen LogP contribution is -2.47. The Balaban J connectivity index is 1.63. The van der Waals surface area contributed by atoms with Gasteiger partial charge in [0.1, 0.15) is 11.5 Å². The Labute approximate surface area is 188 Å². The summed E-state index contributed by atoms with van der Waals surface area (Å²) in [5.74, 6) is 1.13. The Hall–Kier alpha value is -3.04. The molecule has 0 radical (unpaired) electrons. The second-order valence-electron chi connectivity index (χ2n) is 7.97. The van der Waals surface area contributed by atoms with E-state index in [1.807, 2.05) is 17.0 Å². The van der Waals surface area contributed by atoms with Crippen molar-refractivity contribution in [3.63, 3.8) is 0 Å². The molecule has 3 heterocycles. The van der Waals surface area contributed by atoms with E-state index in [1.54, 1.807) is 31.3 Å². The van der Waals surface area contributed by atoms with Crippen LogP contribution in [0.5, 0.6) is 11.5 Å². The van der Waals surface area contributed by atoms with Crippen molar-refractivity contribution in [2.45, 2.75) is 6.04 Å². The monoisotopic (exact) mass is 442 g/mol. The molecule has 1 aromatic rings. The fourth-order valence-corrected chi connectivity index (χ4v) is 4.38. The molecular formula is C23H30N4O5. The summed E-state index contributed by atoms with van der Waals surface area (Å²) in [5.41, 5.74) is 2.06. The van der Waals surface area contributed by atoms with E-state index < -0.39 is 6.04 Å². The third-order valence-corrected chi connectivity index (χ3v) is 6.11. The number of carbonyl (C=O) groups excluding carboxylic acids is 2. The summed E-state index contributed by atoms with van der Waals surface area (Å²) >= 11 is 0. The van der Waals surface area contributed by atoms with Gasteiger partial charge in [0.25, 0.3) is 5.91 Å². The molecule has 9 heteroatoms. The molecular weight excluding hydrogens is 412 g/mol. The second kappa shape index (κ2) is 9.62. The van der Waals surface area contributed by atoms with Gasteiger partial charge in [-0.25, -0.2) is 4.79 Å². The summed E-state index contributed by atoms with van der Waals surface area (Å²) in [5, 5.41) is 2.99. The van der Waals surface area contributed by atoms with Crippen LogP contribution in [0.3, 0.4) is 0 Å². The topological polar surface area (TPSA) is 83.6 Å². The average molecular weight is 443 g/mol. The van der Waals surface area contributed by atoms with E-state index in [2.05, 4.69) is 16.8 Å². The Bertz CT molecular complexity index is 903. The minimum absolute atomic E-state index is 0.0610. The van der Waals surface area contributed by atoms with Gasteiger partial charge >= 0.3 is 6.03 Å². The van der Waals surface area contributed by atoms with Crippen LogP contribution in [-0.2, 0) is 9.53 Å². The third kappa shape index (κ3) is 4.31. The van der Waals surface area contributed by atoms with Gasteiger partial charge in [-0.15, -0.1) is 6.58 Å². The lowest BCUT2D eigenvalue weighted by Gasteiger charge is -2.33. The van der Waals surface area contributed by atoms with Crippen molar-refractivity contribution in [3.8, 4) is 11.5 Å². The van der Waals surface area contributed by atoms with Crippen molar-refractivity contribution in [2.75, 3.05) is 66.7 Å². The Morgan fingerprint density at radius 1 is 1.12 bits per heavy atom. The Morgan fingerprint density at radius 2 is 1.81 bits per heavy atom. The first-order valence-electron chi connectivity index (χ1n) is 10.8. The first-order chi connectivity index (χ1) is 15.5. The van der Waals surface area contributed by atoms with Crippen LogP contribution in [0.4, 0.5) is 4.79 Å². The SMILES string of the molecule is C=CCN1C(=O)N[C@@H](c2cc(OC)cc(OC)c2)C2=C1CN(CCN1CCOCC1)C2=O. The van der Waals surface area contributed by atoms with Gasteiger partial charge in [0.05, 0.1) is 51.3 Å². The summed E-state index contributed by atoms with van der Waals surface area (Å²) in [6.07, 6.45) is 1.67. The molecule has 1 atom stereocenters. The van der Waals surface area contributed by atoms with Crippen molar-refractivity contribution in [2.24, 2.45) is 0 Å². The second-order valence-corrected chi connectivity index (χ2v) is 7.97. The lowest BCUT2D eigenvalue weighted by molar-refractivity contribution is -0.126. The van der Waals surface area contributed by atoms with Crippen molar-refractivity contribution in [3.05, 3.63) is 47.7 Å². The molecule has 1 N–H and O–H groups in total. The van der Waals surface area contributed by atoms with E-state index >= 15 is 0 Å². The van der Waals surface area contributed by atoms with Gasteiger partial charge in [0, 0.05) is 38.8 Å². The fourth-order valence-electron chi connectivity index (χ4n) is 4.38. The Kier molecular flexibility index (Phi) is 6.66. The van der Waals surface area contributed by atoms with Gasteiger partial charge in [-0.2, -0.15) is 0 Å². The number of hydrogen-bond acceptors (Lipinski definition) is 6. The molecule has 0 unspecified atom stereocenters. The predicted molar refractivity (Wildman–Crippen MR) is 119 cm³/mol. The fraction of sp³-hybridized carbons (Fsp3) is 0.478. The highest BCUT2D eigenvalue weighted by atomic mass is 16.5. The quantitative estimate of drug-likeness (QED) is 0.613. The number of morpholine rings is 1. The molecule has 172 valence electrons. The normalized spacial score (nSPS) is 21.5. The maximum atomic E-state index is 13.5. The summed E-state index contributed by atoms with van der Waals surface area (Å²) in [6.45, 7) is 9.03. The molecule has 1 aromatic carbocycles. The van der Waals surface area contributed by atoms with Gasteiger partial charge < -0.3 is 24.4 Å². The molecule has 32 heavy (non-hydrogen) atoms. The molecule has 0 aliphatic carbocycles. The van der Waals surface area contributed by atoms with Crippen LogP contribution in [0.2, 0.25) is 0 Å². The zero-order valence-corrected chi connectivity index (χ0v) is 18.6. The van der Waals surface area contributed by atoms with Crippen molar-refractivity contribution < 1.29 is 23.8 Å². The molecule has 3 aliphatic heterocycles. The zero-order chi connectivity index (χ0) is 22.7. The molecule has 0 aromatic heterocycles. The molecule has 0 saturated carbocycles. The number of urea groups is 1. The number of ether oxygens (including phenoxy) is 3. The summed E-state index contributed by atoms with van der Waals surface area (Å²) in [6, 6.07) is 4.58. The number of nitrogens with one attached hydrogen (secondary N) is 1. The average Bonchev–Trinajstić information content (AvgIpc) is 3.15. The minimum Gasteiger partial charge on any atom is -0.497 e. The molecule has 0 bridgehead atoms. The number of nitrogens with zero attached hydrogens (tertiary/aromatic N) is 3. The smallest absolute Gasteiger partial charge is 0.322 e. The number of carbonyl (C=O) groups is 2. The molecule has 3 amide bonds. The largest absolute Gasteiger partial charge is 0.497 e. The highest BCUT2D eigenvalue weighted by molar-refractivity contribution is 6.01. The summed E-state index contributed by atoms with van der Waals surface area (Å²) in [4.78, 5) is 32.2. The van der Waals surface area contributed by atoms with Crippen LogP contribution < -0.4 is 14.8 Å². The van der Waals surface area contributed by atoms with Gasteiger partial charge in [0.2, 0.25) is 0 Å². The number of methoxy groups -OCH3 is 2. The molecule has 4 rings (SSSR count). The van der Waals surface area contributed by atoms with Crippen LogP contribution in [0.25, 0.3) is 0 Å². The van der Waals surface area contributed by atoms with Crippen LogP contribution >= 0.6 is 0 Å². The highest BCUT2D eigenvalue weighted by Gasteiger charge is 2.43. The molecule has 9 nitrogen and oxygen atoms in total. The van der Waals surface area contributed by atoms with E-state index in [0.717, 1.165) is 30.9 Å². The highest BCUT2D eigenvalue weighted by Crippen LogP contribution is 2.38. The summed E-state index contributed by atoms with van der Waals surface area (Å²) in [7, 11) is 3.14. The van der Waals surface area contributed by atoms with Crippen LogP contribution in [-0.4, -0.2) is 93.3 Å².